The van der Waals surface area contributed by atoms with Gasteiger partial charge in [-0.25, -0.2) is 4.98 Å². The van der Waals surface area contributed by atoms with Gasteiger partial charge in [-0.3, -0.25) is 9.78 Å². The second-order valence-electron chi connectivity index (χ2n) is 6.61. The van der Waals surface area contributed by atoms with E-state index in [2.05, 4.69) is 15.3 Å². The fraction of sp³-hybridized carbons (Fsp3) is 0.286. The van der Waals surface area contributed by atoms with Crippen molar-refractivity contribution in [3.05, 3.63) is 65.9 Å². The van der Waals surface area contributed by atoms with E-state index < -0.39 is 0 Å². The number of benzene rings is 1. The second kappa shape index (κ2) is 8.14. The van der Waals surface area contributed by atoms with Gasteiger partial charge in [-0.1, -0.05) is 13.0 Å². The molecule has 0 aliphatic carbocycles. The quantitative estimate of drug-likeness (QED) is 0.705. The average molecular weight is 364 g/mol. The molecule has 0 saturated carbocycles. The van der Waals surface area contributed by atoms with Crippen LogP contribution in [-0.2, 0) is 6.42 Å². The lowest BCUT2D eigenvalue weighted by Crippen LogP contribution is -2.35. The first-order chi connectivity index (χ1) is 13.0. The number of aliphatic hydroxyl groups excluding tert-OH is 1. The Morgan fingerprint density at radius 3 is 2.74 bits per heavy atom. The normalized spacial score (nSPS) is 12.0. The molecule has 2 aromatic heterocycles. The van der Waals surface area contributed by atoms with Crippen molar-refractivity contribution < 1.29 is 9.90 Å². The number of aliphatic hydroxyl groups is 1. The number of carbonyl (C=O) groups is 1. The van der Waals surface area contributed by atoms with Gasteiger partial charge < -0.3 is 15.0 Å². The molecule has 3 aromatic rings. The molecular formula is C21H24N4O2. The number of carbonyl (C=O) groups excluding carboxylic acids is 1. The number of amides is 1. The van der Waals surface area contributed by atoms with Crippen molar-refractivity contribution in [2.24, 2.45) is 0 Å². The van der Waals surface area contributed by atoms with E-state index >= 15 is 0 Å². The van der Waals surface area contributed by atoms with Crippen molar-refractivity contribution in [3.8, 4) is 16.9 Å². The van der Waals surface area contributed by atoms with Crippen LogP contribution in [-0.4, -0.2) is 38.2 Å². The predicted octanol–water partition coefficient (Wildman–Crippen LogP) is 2.92. The summed E-state index contributed by atoms with van der Waals surface area (Å²) in [6.07, 6.45) is 6.23. The van der Waals surface area contributed by atoms with Crippen molar-refractivity contribution >= 4 is 5.91 Å². The summed E-state index contributed by atoms with van der Waals surface area (Å²) in [7, 11) is 0. The van der Waals surface area contributed by atoms with Crippen LogP contribution in [0.5, 0.6) is 0 Å². The van der Waals surface area contributed by atoms with Gasteiger partial charge in [-0.2, -0.15) is 0 Å². The SMILES string of the molecule is CCc1nccn1-c1cc(C(=O)N[C@@H](C)CO)cc(-c2ccc(C)cn2)c1. The van der Waals surface area contributed by atoms with Crippen LogP contribution in [0.15, 0.2) is 48.9 Å². The van der Waals surface area contributed by atoms with Gasteiger partial charge in [0.2, 0.25) is 0 Å². The lowest BCUT2D eigenvalue weighted by molar-refractivity contribution is 0.0922. The minimum absolute atomic E-state index is 0.112. The number of aryl methyl sites for hydroxylation is 2. The second-order valence-corrected chi connectivity index (χ2v) is 6.61. The van der Waals surface area contributed by atoms with Crippen molar-refractivity contribution in [1.82, 2.24) is 19.9 Å². The van der Waals surface area contributed by atoms with Gasteiger partial charge in [-0.15, -0.1) is 0 Å². The van der Waals surface area contributed by atoms with Crippen LogP contribution >= 0.6 is 0 Å². The molecule has 1 amide bonds. The molecule has 0 aliphatic rings. The largest absolute Gasteiger partial charge is 0.394 e. The van der Waals surface area contributed by atoms with Gasteiger partial charge in [0.1, 0.15) is 5.82 Å². The molecule has 6 nitrogen and oxygen atoms in total. The summed E-state index contributed by atoms with van der Waals surface area (Å²) in [6, 6.07) is 9.28. The molecule has 6 heteroatoms. The molecule has 1 aromatic carbocycles. The first kappa shape index (κ1) is 18.8. The monoisotopic (exact) mass is 364 g/mol. The fourth-order valence-electron chi connectivity index (χ4n) is 2.85. The maximum Gasteiger partial charge on any atom is 0.251 e. The van der Waals surface area contributed by atoms with Crippen molar-refractivity contribution in [2.45, 2.75) is 33.2 Å². The van der Waals surface area contributed by atoms with Gasteiger partial charge >= 0.3 is 0 Å². The van der Waals surface area contributed by atoms with Gasteiger partial charge in [0.25, 0.3) is 5.91 Å². The lowest BCUT2D eigenvalue weighted by atomic mass is 10.0. The Labute approximate surface area is 158 Å². The molecule has 0 radical (unpaired) electrons. The Bertz CT molecular complexity index is 932. The topological polar surface area (TPSA) is 80.0 Å². The van der Waals surface area contributed by atoms with E-state index in [9.17, 15) is 9.90 Å². The predicted molar refractivity (Wildman–Crippen MR) is 105 cm³/mol. The smallest absolute Gasteiger partial charge is 0.251 e. The molecule has 1 atom stereocenters. The highest BCUT2D eigenvalue weighted by molar-refractivity contribution is 5.96. The highest BCUT2D eigenvalue weighted by Crippen LogP contribution is 2.24. The number of pyridine rings is 1. The van der Waals surface area contributed by atoms with E-state index in [0.717, 1.165) is 34.8 Å². The first-order valence-electron chi connectivity index (χ1n) is 9.04. The van der Waals surface area contributed by atoms with E-state index in [1.54, 1.807) is 13.1 Å². The molecule has 0 bridgehead atoms. The molecule has 0 saturated heterocycles. The van der Waals surface area contributed by atoms with E-state index in [-0.39, 0.29) is 18.6 Å². The summed E-state index contributed by atoms with van der Waals surface area (Å²) in [5.74, 6) is 0.684. The Balaban J connectivity index is 2.10. The average Bonchev–Trinajstić information content (AvgIpc) is 3.17. The van der Waals surface area contributed by atoms with Crippen molar-refractivity contribution in [2.75, 3.05) is 6.61 Å². The maximum atomic E-state index is 12.7. The molecule has 0 fully saturated rings. The minimum atomic E-state index is -0.318. The zero-order chi connectivity index (χ0) is 19.4. The van der Waals surface area contributed by atoms with E-state index in [1.165, 1.54) is 0 Å². The summed E-state index contributed by atoms with van der Waals surface area (Å²) >= 11 is 0. The zero-order valence-electron chi connectivity index (χ0n) is 15.8. The third-order valence-electron chi connectivity index (χ3n) is 4.35. The maximum absolute atomic E-state index is 12.7. The molecule has 0 spiro atoms. The Morgan fingerprint density at radius 1 is 1.26 bits per heavy atom. The van der Waals surface area contributed by atoms with Gasteiger partial charge in [0.05, 0.1) is 12.3 Å². The number of nitrogens with one attached hydrogen (secondary N) is 1. The standard InChI is InChI=1S/C21H24N4O2/c1-4-20-22-7-8-25(20)18-10-16(19-6-5-14(2)12-23-19)9-17(11-18)21(27)24-15(3)13-26/h5-12,15,26H,4,13H2,1-3H3,(H,24,27)/t15-/m0/s1. The number of aromatic nitrogens is 3. The molecule has 0 aliphatic heterocycles. The van der Waals surface area contributed by atoms with Crippen LogP contribution in [0.25, 0.3) is 16.9 Å². The van der Waals surface area contributed by atoms with Crippen LogP contribution in [0.1, 0.15) is 35.6 Å². The first-order valence-corrected chi connectivity index (χ1v) is 9.04. The van der Waals surface area contributed by atoms with Crippen LogP contribution in [0, 0.1) is 6.92 Å². The van der Waals surface area contributed by atoms with Crippen LogP contribution in [0.2, 0.25) is 0 Å². The number of hydrogen-bond donors (Lipinski definition) is 2. The van der Waals surface area contributed by atoms with E-state index in [1.807, 2.05) is 61.1 Å². The molecule has 3 rings (SSSR count). The fourth-order valence-corrected chi connectivity index (χ4v) is 2.85. The van der Waals surface area contributed by atoms with Crippen LogP contribution in [0.3, 0.4) is 0 Å². The third kappa shape index (κ3) is 4.23. The Kier molecular flexibility index (Phi) is 5.66. The third-order valence-corrected chi connectivity index (χ3v) is 4.35. The summed E-state index contributed by atoms with van der Waals surface area (Å²) < 4.78 is 1.98. The van der Waals surface area contributed by atoms with Crippen LogP contribution in [0.4, 0.5) is 0 Å². The zero-order valence-corrected chi connectivity index (χ0v) is 15.8. The van der Waals surface area contributed by atoms with E-state index in [4.69, 9.17) is 0 Å². The van der Waals surface area contributed by atoms with E-state index in [0.29, 0.717) is 5.56 Å². The molecular weight excluding hydrogens is 340 g/mol. The number of imidazole rings is 1. The highest BCUT2D eigenvalue weighted by atomic mass is 16.3. The summed E-state index contributed by atoms with van der Waals surface area (Å²) in [5.41, 5.74) is 4.09. The number of hydrogen-bond acceptors (Lipinski definition) is 4. The Hall–Kier alpha value is -2.99. The molecule has 27 heavy (non-hydrogen) atoms. The summed E-state index contributed by atoms with van der Waals surface area (Å²) in [5, 5.41) is 12.0. The lowest BCUT2D eigenvalue weighted by Gasteiger charge is -2.14. The number of nitrogens with zero attached hydrogens (tertiary/aromatic N) is 3. The van der Waals surface area contributed by atoms with Gasteiger partial charge in [-0.05, 0) is 43.7 Å². The van der Waals surface area contributed by atoms with Gasteiger partial charge in [0, 0.05) is 47.9 Å². The Morgan fingerprint density at radius 2 is 2.07 bits per heavy atom. The highest BCUT2D eigenvalue weighted by Gasteiger charge is 2.14. The van der Waals surface area contributed by atoms with Crippen molar-refractivity contribution in [1.29, 1.82) is 0 Å². The minimum Gasteiger partial charge on any atom is -0.394 e. The summed E-state index contributed by atoms with van der Waals surface area (Å²) in [4.78, 5) is 21.5. The molecule has 2 heterocycles. The van der Waals surface area contributed by atoms with Gasteiger partial charge in [0.15, 0.2) is 0 Å². The summed E-state index contributed by atoms with van der Waals surface area (Å²) in [6.45, 7) is 5.68. The molecule has 140 valence electrons. The molecule has 2 N–H and O–H groups in total. The number of rotatable bonds is 6. The van der Waals surface area contributed by atoms with Crippen molar-refractivity contribution in [3.63, 3.8) is 0 Å². The molecule has 0 unspecified atom stereocenters. The van der Waals surface area contributed by atoms with Crippen LogP contribution < -0.4 is 5.32 Å².